The van der Waals surface area contributed by atoms with Crippen LogP contribution in [0.15, 0.2) is 48.9 Å². The predicted molar refractivity (Wildman–Crippen MR) is 115 cm³/mol. The van der Waals surface area contributed by atoms with Crippen molar-refractivity contribution < 1.29 is 4.79 Å². The predicted octanol–water partition coefficient (Wildman–Crippen LogP) is 4.01. The molecule has 1 amide bonds. The molecular weight excluding hydrogens is 425 g/mol. The highest BCUT2D eigenvalue weighted by Gasteiger charge is 2.17. The lowest BCUT2D eigenvalue weighted by Crippen LogP contribution is -2.16. The maximum atomic E-state index is 12.7. The van der Waals surface area contributed by atoms with Gasteiger partial charge in [0.2, 0.25) is 0 Å². The Morgan fingerprint density at radius 3 is 2.67 bits per heavy atom. The minimum Gasteiger partial charge on any atom is -0.317 e. The molecule has 1 N–H and O–H groups in total. The number of aryl methyl sites for hydroxylation is 1. The second kappa shape index (κ2) is 8.33. The number of nitrogens with one attached hydrogen (secondary N) is 1. The van der Waals surface area contributed by atoms with Gasteiger partial charge in [0.25, 0.3) is 5.91 Å². The van der Waals surface area contributed by atoms with E-state index in [4.69, 9.17) is 23.2 Å². The first kappa shape index (κ1) is 20.2. The lowest BCUT2D eigenvalue weighted by molar-refractivity contribution is 0.102. The lowest BCUT2D eigenvalue weighted by Gasteiger charge is -2.08. The van der Waals surface area contributed by atoms with Crippen LogP contribution in [-0.2, 0) is 13.2 Å². The molecule has 0 unspecified atom stereocenters. The number of aromatic nitrogens is 6. The number of hydrogen-bond donors (Lipinski definition) is 1. The summed E-state index contributed by atoms with van der Waals surface area (Å²) in [4.78, 5) is 12.7. The zero-order chi connectivity index (χ0) is 21.3. The highest BCUT2D eigenvalue weighted by molar-refractivity contribution is 6.35. The quantitative estimate of drug-likeness (QED) is 0.487. The van der Waals surface area contributed by atoms with Gasteiger partial charge in [0.15, 0.2) is 5.69 Å². The molecule has 0 aliphatic carbocycles. The first-order chi connectivity index (χ1) is 14.4. The molecule has 0 radical (unpaired) electrons. The minimum absolute atomic E-state index is 0.301. The molecule has 1 aromatic carbocycles. The number of amides is 1. The SMILES string of the molecule is Cc1nn(Cc2ccc(Cl)cc2Cl)c(C)c1NC(=O)c1ccn(Cn2cccn2)n1. The highest BCUT2D eigenvalue weighted by Crippen LogP contribution is 2.25. The number of carbonyl (C=O) groups excluding carboxylic acids is 1. The van der Waals surface area contributed by atoms with Gasteiger partial charge in [-0.15, -0.1) is 0 Å². The summed E-state index contributed by atoms with van der Waals surface area (Å²) >= 11 is 12.3. The Bertz CT molecular complexity index is 1190. The Balaban J connectivity index is 1.49. The van der Waals surface area contributed by atoms with Crippen molar-refractivity contribution in [2.24, 2.45) is 0 Å². The van der Waals surface area contributed by atoms with Gasteiger partial charge < -0.3 is 5.32 Å². The van der Waals surface area contributed by atoms with E-state index >= 15 is 0 Å². The Morgan fingerprint density at radius 1 is 1.10 bits per heavy atom. The van der Waals surface area contributed by atoms with Crippen LogP contribution in [0.1, 0.15) is 27.4 Å². The van der Waals surface area contributed by atoms with Crippen molar-refractivity contribution in [2.75, 3.05) is 5.32 Å². The number of carbonyl (C=O) groups is 1. The summed E-state index contributed by atoms with van der Waals surface area (Å²) in [6.07, 6.45) is 5.26. The van der Waals surface area contributed by atoms with Gasteiger partial charge in [0.05, 0.1) is 23.6 Å². The molecule has 3 heterocycles. The van der Waals surface area contributed by atoms with Crippen molar-refractivity contribution in [1.82, 2.24) is 29.3 Å². The van der Waals surface area contributed by atoms with Gasteiger partial charge >= 0.3 is 0 Å². The molecule has 0 fully saturated rings. The fraction of sp³-hybridized carbons (Fsp3) is 0.200. The maximum Gasteiger partial charge on any atom is 0.276 e. The summed E-state index contributed by atoms with van der Waals surface area (Å²) in [6.45, 7) is 4.64. The van der Waals surface area contributed by atoms with Gasteiger partial charge in [-0.2, -0.15) is 15.3 Å². The van der Waals surface area contributed by atoms with Gasteiger partial charge in [-0.05, 0) is 43.7 Å². The molecule has 10 heteroatoms. The van der Waals surface area contributed by atoms with Crippen LogP contribution < -0.4 is 5.32 Å². The van der Waals surface area contributed by atoms with E-state index in [-0.39, 0.29) is 5.91 Å². The van der Waals surface area contributed by atoms with Crippen molar-refractivity contribution in [3.8, 4) is 0 Å². The molecule has 4 rings (SSSR count). The largest absolute Gasteiger partial charge is 0.317 e. The van der Waals surface area contributed by atoms with Crippen molar-refractivity contribution in [3.63, 3.8) is 0 Å². The first-order valence-corrected chi connectivity index (χ1v) is 9.96. The summed E-state index contributed by atoms with van der Waals surface area (Å²) in [5, 5.41) is 17.1. The summed E-state index contributed by atoms with van der Waals surface area (Å²) in [7, 11) is 0. The first-order valence-electron chi connectivity index (χ1n) is 9.21. The third-order valence-electron chi connectivity index (χ3n) is 4.68. The molecule has 4 aromatic rings. The molecule has 30 heavy (non-hydrogen) atoms. The number of benzene rings is 1. The Hall–Kier alpha value is -3.10. The maximum absolute atomic E-state index is 12.7. The van der Waals surface area contributed by atoms with Gasteiger partial charge in [-0.25, -0.2) is 0 Å². The van der Waals surface area contributed by atoms with Crippen LogP contribution in [0.25, 0.3) is 0 Å². The summed E-state index contributed by atoms with van der Waals surface area (Å²) < 4.78 is 5.17. The van der Waals surface area contributed by atoms with Gasteiger partial charge in [0.1, 0.15) is 6.67 Å². The van der Waals surface area contributed by atoms with Crippen LogP contribution in [0.2, 0.25) is 10.0 Å². The number of hydrogen-bond acceptors (Lipinski definition) is 4. The van der Waals surface area contributed by atoms with E-state index in [2.05, 4.69) is 20.6 Å². The van der Waals surface area contributed by atoms with Crippen molar-refractivity contribution in [1.29, 1.82) is 0 Å². The fourth-order valence-electron chi connectivity index (χ4n) is 3.11. The van der Waals surface area contributed by atoms with Crippen molar-refractivity contribution in [2.45, 2.75) is 27.1 Å². The third-order valence-corrected chi connectivity index (χ3v) is 5.26. The molecular formula is C20H19Cl2N7O. The molecule has 154 valence electrons. The average Bonchev–Trinajstić information content (AvgIpc) is 3.43. The molecule has 8 nitrogen and oxygen atoms in total. The number of halogens is 2. The topological polar surface area (TPSA) is 82.6 Å². The van der Waals surface area contributed by atoms with Crippen molar-refractivity contribution >= 4 is 34.8 Å². The van der Waals surface area contributed by atoms with E-state index in [0.717, 1.165) is 11.3 Å². The van der Waals surface area contributed by atoms with Gasteiger partial charge in [-0.3, -0.25) is 18.8 Å². The highest BCUT2D eigenvalue weighted by atomic mass is 35.5. The van der Waals surface area contributed by atoms with Gasteiger partial charge in [-0.1, -0.05) is 29.3 Å². The second-order valence-electron chi connectivity index (χ2n) is 6.82. The van der Waals surface area contributed by atoms with E-state index in [9.17, 15) is 4.79 Å². The molecule has 0 saturated heterocycles. The van der Waals surface area contributed by atoms with E-state index in [0.29, 0.717) is 40.3 Å². The fourth-order valence-corrected chi connectivity index (χ4v) is 3.58. The van der Waals surface area contributed by atoms with Crippen LogP contribution in [0.5, 0.6) is 0 Å². The number of nitrogens with zero attached hydrogens (tertiary/aromatic N) is 6. The molecule has 0 aliphatic heterocycles. The van der Waals surface area contributed by atoms with E-state index in [1.807, 2.05) is 32.2 Å². The van der Waals surface area contributed by atoms with Crippen LogP contribution in [0.4, 0.5) is 5.69 Å². The van der Waals surface area contributed by atoms with E-state index in [1.165, 1.54) is 0 Å². The van der Waals surface area contributed by atoms with Crippen LogP contribution in [-0.4, -0.2) is 35.2 Å². The Labute approximate surface area is 183 Å². The standard InChI is InChI=1S/C20H19Cl2N7O/c1-13-19(14(2)29(25-13)11-15-4-5-16(21)10-17(15)22)24-20(30)18-6-9-28(26-18)12-27-8-3-7-23-27/h3-10H,11-12H2,1-2H3,(H,24,30). The van der Waals surface area contributed by atoms with Crippen LogP contribution in [0.3, 0.4) is 0 Å². The third kappa shape index (κ3) is 4.24. The zero-order valence-corrected chi connectivity index (χ0v) is 17.9. The monoisotopic (exact) mass is 443 g/mol. The lowest BCUT2D eigenvalue weighted by atomic mass is 10.2. The second-order valence-corrected chi connectivity index (χ2v) is 7.66. The summed E-state index contributed by atoms with van der Waals surface area (Å²) in [5.74, 6) is -0.301. The normalized spacial score (nSPS) is 11.1. The van der Waals surface area contributed by atoms with Crippen LogP contribution >= 0.6 is 23.2 Å². The molecule has 0 saturated carbocycles. The number of rotatable bonds is 6. The Kier molecular flexibility index (Phi) is 5.61. The Morgan fingerprint density at radius 2 is 1.93 bits per heavy atom. The summed E-state index contributed by atoms with van der Waals surface area (Å²) in [5.41, 5.74) is 3.40. The molecule has 0 aliphatic rings. The van der Waals surface area contributed by atoms with E-state index < -0.39 is 0 Å². The minimum atomic E-state index is -0.301. The van der Waals surface area contributed by atoms with Gasteiger partial charge in [0, 0.05) is 28.6 Å². The average molecular weight is 444 g/mol. The smallest absolute Gasteiger partial charge is 0.276 e. The molecule has 0 atom stereocenters. The number of anilines is 1. The summed E-state index contributed by atoms with van der Waals surface area (Å²) in [6, 6.07) is 8.85. The molecule has 0 bridgehead atoms. The molecule has 3 aromatic heterocycles. The van der Waals surface area contributed by atoms with Crippen molar-refractivity contribution in [3.05, 3.63) is 81.6 Å². The zero-order valence-electron chi connectivity index (χ0n) is 16.4. The molecule has 0 spiro atoms. The van der Waals surface area contributed by atoms with Crippen LogP contribution in [0, 0.1) is 13.8 Å². The van der Waals surface area contributed by atoms with E-state index in [1.54, 1.807) is 44.6 Å².